The van der Waals surface area contributed by atoms with E-state index in [-0.39, 0.29) is 31.2 Å². The van der Waals surface area contributed by atoms with E-state index in [0.29, 0.717) is 0 Å². The van der Waals surface area contributed by atoms with Crippen LogP contribution in [0.5, 0.6) is 0 Å². The number of nitrogens with two attached hydrogens (primary N) is 2. The number of ether oxygens (including phenoxy) is 1. The molecule has 0 aliphatic carbocycles. The summed E-state index contributed by atoms with van der Waals surface area (Å²) >= 11 is 4.76. The van der Waals surface area contributed by atoms with Gasteiger partial charge in [-0.3, -0.25) is 4.79 Å². The molecule has 1 amide bonds. The molecule has 0 bridgehead atoms. The maximum absolute atomic E-state index is 12.4. The van der Waals surface area contributed by atoms with Crippen LogP contribution >= 0.6 is 12.2 Å². The molecule has 1 aliphatic heterocycles. The summed E-state index contributed by atoms with van der Waals surface area (Å²) in [5.74, 6) is -0.740. The molecular weight excluding hydrogens is 278 g/mol. The minimum atomic E-state index is -3.78. The van der Waals surface area contributed by atoms with Crippen LogP contribution in [0.1, 0.15) is 13.3 Å². The smallest absolute Gasteiger partial charge is 0.238 e. The fourth-order valence-corrected chi connectivity index (χ4v) is 4.26. The zero-order chi connectivity index (χ0) is 13.9. The number of carbonyl (C=O) groups excluding carboxylic acids is 1. The van der Waals surface area contributed by atoms with Crippen molar-refractivity contribution in [1.29, 1.82) is 0 Å². The minimum Gasteiger partial charge on any atom is -0.392 e. The van der Waals surface area contributed by atoms with Gasteiger partial charge in [0, 0.05) is 6.54 Å². The molecule has 0 saturated carbocycles. The normalized spacial score (nSPS) is 23.5. The molecule has 104 valence electrons. The molecule has 1 fully saturated rings. The van der Waals surface area contributed by atoms with Crippen LogP contribution in [-0.2, 0) is 19.6 Å². The van der Waals surface area contributed by atoms with Crippen molar-refractivity contribution >= 4 is 33.1 Å². The first-order chi connectivity index (χ1) is 8.32. The molecule has 0 aromatic rings. The lowest BCUT2D eigenvalue weighted by atomic mass is 10.3. The van der Waals surface area contributed by atoms with Crippen molar-refractivity contribution in [2.45, 2.75) is 24.6 Å². The van der Waals surface area contributed by atoms with Crippen molar-refractivity contribution < 1.29 is 17.9 Å². The molecule has 0 aromatic carbocycles. The monoisotopic (exact) mass is 295 g/mol. The van der Waals surface area contributed by atoms with Gasteiger partial charge in [-0.15, -0.1) is 0 Å². The zero-order valence-electron chi connectivity index (χ0n) is 10.0. The average molecular weight is 295 g/mol. The van der Waals surface area contributed by atoms with Gasteiger partial charge < -0.3 is 16.2 Å². The second kappa shape index (κ2) is 5.91. The first-order valence-corrected chi connectivity index (χ1v) is 7.40. The summed E-state index contributed by atoms with van der Waals surface area (Å²) in [5, 5.41) is -0.979. The van der Waals surface area contributed by atoms with Crippen molar-refractivity contribution in [1.82, 2.24) is 4.31 Å². The Morgan fingerprint density at radius 2 is 2.17 bits per heavy atom. The third kappa shape index (κ3) is 2.97. The van der Waals surface area contributed by atoms with Gasteiger partial charge in [0.1, 0.15) is 11.3 Å². The van der Waals surface area contributed by atoms with Crippen LogP contribution in [0, 0.1) is 0 Å². The van der Waals surface area contributed by atoms with E-state index < -0.39 is 27.2 Å². The summed E-state index contributed by atoms with van der Waals surface area (Å²) in [5.41, 5.74) is 10.6. The molecule has 2 atom stereocenters. The Labute approximate surface area is 111 Å². The molecule has 18 heavy (non-hydrogen) atoms. The molecule has 1 saturated heterocycles. The molecule has 1 aliphatic rings. The van der Waals surface area contributed by atoms with Gasteiger partial charge in [0.05, 0.1) is 18.2 Å². The summed E-state index contributed by atoms with van der Waals surface area (Å²) in [6.45, 7) is 1.93. The summed E-state index contributed by atoms with van der Waals surface area (Å²) in [7, 11) is -3.78. The number of amides is 1. The predicted octanol–water partition coefficient (Wildman–Crippen LogP) is -1.43. The van der Waals surface area contributed by atoms with E-state index in [2.05, 4.69) is 0 Å². The lowest BCUT2D eigenvalue weighted by Gasteiger charge is -2.34. The lowest BCUT2D eigenvalue weighted by molar-refractivity contribution is -0.125. The number of thiocarbonyl (C=S) groups is 1. The Morgan fingerprint density at radius 1 is 1.56 bits per heavy atom. The second-order valence-electron chi connectivity index (χ2n) is 3.95. The Hall–Kier alpha value is -0.770. The van der Waals surface area contributed by atoms with E-state index in [1.807, 2.05) is 0 Å². The number of hydrogen-bond donors (Lipinski definition) is 2. The van der Waals surface area contributed by atoms with Gasteiger partial charge in [-0.05, 0) is 6.42 Å². The first-order valence-electron chi connectivity index (χ1n) is 5.49. The molecule has 1 rings (SSSR count). The number of morpholine rings is 1. The fraction of sp³-hybridized carbons (Fsp3) is 0.778. The van der Waals surface area contributed by atoms with Crippen LogP contribution in [0.4, 0.5) is 0 Å². The van der Waals surface area contributed by atoms with E-state index in [1.54, 1.807) is 6.92 Å². The maximum Gasteiger partial charge on any atom is 0.238 e. The van der Waals surface area contributed by atoms with Crippen molar-refractivity contribution in [2.75, 3.05) is 19.8 Å². The second-order valence-corrected chi connectivity index (χ2v) is 6.49. The standard InChI is InChI=1S/C9H17N3O4S2/c1-2-7(9(11)17)18(14,15)12-3-4-16-5-6(12)8(10)13/h6-7H,2-5H2,1H3,(H2,10,13)(H2,11,17). The number of sulfonamides is 1. The number of hydrogen-bond acceptors (Lipinski definition) is 5. The van der Waals surface area contributed by atoms with E-state index >= 15 is 0 Å². The molecule has 1 heterocycles. The summed E-state index contributed by atoms with van der Waals surface area (Å²) in [4.78, 5) is 11.2. The van der Waals surface area contributed by atoms with Crippen LogP contribution < -0.4 is 11.5 Å². The quantitative estimate of drug-likeness (QED) is 0.601. The predicted molar refractivity (Wildman–Crippen MR) is 70.3 cm³/mol. The zero-order valence-corrected chi connectivity index (χ0v) is 11.7. The van der Waals surface area contributed by atoms with E-state index in [9.17, 15) is 13.2 Å². The number of rotatable bonds is 5. The largest absolute Gasteiger partial charge is 0.392 e. The number of carbonyl (C=O) groups is 1. The Balaban J connectivity index is 3.08. The highest BCUT2D eigenvalue weighted by atomic mass is 32.2. The number of nitrogens with zero attached hydrogens (tertiary/aromatic N) is 1. The van der Waals surface area contributed by atoms with E-state index in [4.69, 9.17) is 28.4 Å². The van der Waals surface area contributed by atoms with Crippen LogP contribution in [-0.4, -0.2) is 54.7 Å². The molecule has 7 nitrogen and oxygen atoms in total. The third-order valence-corrected chi connectivity index (χ3v) is 5.61. The third-order valence-electron chi connectivity index (χ3n) is 2.78. The van der Waals surface area contributed by atoms with Gasteiger partial charge in [0.25, 0.3) is 0 Å². The van der Waals surface area contributed by atoms with Gasteiger partial charge in [0.2, 0.25) is 15.9 Å². The first kappa shape index (κ1) is 15.3. The molecule has 0 aromatic heterocycles. The Morgan fingerprint density at radius 3 is 2.61 bits per heavy atom. The molecule has 9 heteroatoms. The topological polar surface area (TPSA) is 116 Å². The summed E-state index contributed by atoms with van der Waals surface area (Å²) in [6.07, 6.45) is 0.251. The van der Waals surface area contributed by atoms with Crippen LogP contribution in [0.25, 0.3) is 0 Å². The van der Waals surface area contributed by atoms with Crippen LogP contribution in [0.2, 0.25) is 0 Å². The summed E-state index contributed by atoms with van der Waals surface area (Å²) in [6, 6.07) is -0.993. The van der Waals surface area contributed by atoms with Gasteiger partial charge in [-0.25, -0.2) is 8.42 Å². The molecular formula is C9H17N3O4S2. The highest BCUT2D eigenvalue weighted by Gasteiger charge is 2.41. The Kier molecular flexibility index (Phi) is 5.02. The molecule has 2 unspecified atom stereocenters. The SMILES string of the molecule is CCC(C(N)=S)S(=O)(=O)N1CCOCC1C(N)=O. The number of primary amides is 1. The van der Waals surface area contributed by atoms with E-state index in [1.165, 1.54) is 0 Å². The Bertz CT molecular complexity index is 437. The lowest BCUT2D eigenvalue weighted by Crippen LogP contribution is -2.58. The van der Waals surface area contributed by atoms with Gasteiger partial charge >= 0.3 is 0 Å². The summed E-state index contributed by atoms with van der Waals surface area (Å²) < 4.78 is 30.9. The van der Waals surface area contributed by atoms with Crippen molar-refractivity contribution in [3.05, 3.63) is 0 Å². The van der Waals surface area contributed by atoms with Crippen molar-refractivity contribution in [3.8, 4) is 0 Å². The van der Waals surface area contributed by atoms with Gasteiger partial charge in [-0.1, -0.05) is 19.1 Å². The average Bonchev–Trinajstić information content (AvgIpc) is 2.28. The van der Waals surface area contributed by atoms with E-state index in [0.717, 1.165) is 4.31 Å². The molecule has 0 radical (unpaired) electrons. The fourth-order valence-electron chi connectivity index (χ4n) is 1.84. The molecule has 0 spiro atoms. The van der Waals surface area contributed by atoms with Gasteiger partial charge in [-0.2, -0.15) is 4.31 Å². The highest BCUT2D eigenvalue weighted by Crippen LogP contribution is 2.19. The highest BCUT2D eigenvalue weighted by molar-refractivity contribution is 7.92. The van der Waals surface area contributed by atoms with Crippen molar-refractivity contribution in [2.24, 2.45) is 11.5 Å². The maximum atomic E-state index is 12.4. The van der Waals surface area contributed by atoms with Gasteiger partial charge in [0.15, 0.2) is 0 Å². The van der Waals surface area contributed by atoms with Crippen LogP contribution in [0.3, 0.4) is 0 Å². The van der Waals surface area contributed by atoms with Crippen LogP contribution in [0.15, 0.2) is 0 Å². The minimum absolute atomic E-state index is 0.0394. The van der Waals surface area contributed by atoms with Crippen molar-refractivity contribution in [3.63, 3.8) is 0 Å². The molecule has 4 N–H and O–H groups in total.